The first kappa shape index (κ1) is 11.5. The van der Waals surface area contributed by atoms with Gasteiger partial charge in [0, 0.05) is 33.4 Å². The van der Waals surface area contributed by atoms with Gasteiger partial charge in [0.2, 0.25) is 0 Å². The standard InChI is InChI=1S/C3H7NO2S.Hg/c4-2(1-7)3(5)6;/h2,7H,1,4H2,(H,5,6);. The van der Waals surface area contributed by atoms with E-state index >= 15 is 0 Å². The fourth-order valence-electron chi connectivity index (χ4n) is 0.0781. The zero-order chi connectivity index (χ0) is 5.86. The van der Waals surface area contributed by atoms with Crippen molar-refractivity contribution in [2.75, 3.05) is 5.75 Å². The molecule has 1 unspecified atom stereocenters. The van der Waals surface area contributed by atoms with Crippen LogP contribution in [0.5, 0.6) is 0 Å². The minimum absolute atomic E-state index is 0. The van der Waals surface area contributed by atoms with Crippen molar-refractivity contribution >= 4 is 18.6 Å². The SMILES string of the molecule is NC(CS)C(=O)O.[Hg]. The molecule has 1 atom stereocenters. The second kappa shape index (κ2) is 5.84. The fraction of sp³-hybridized carbons (Fsp3) is 0.667. The molecule has 0 fully saturated rings. The number of nitrogens with two attached hydrogens (primary N) is 1. The molecule has 0 bridgehead atoms. The van der Waals surface area contributed by atoms with Crippen LogP contribution in [0.25, 0.3) is 0 Å². The van der Waals surface area contributed by atoms with Gasteiger partial charge in [-0.25, -0.2) is 0 Å². The Kier molecular flexibility index (Phi) is 8.40. The molecule has 0 amide bonds. The molecule has 0 rings (SSSR count). The van der Waals surface area contributed by atoms with Crippen molar-refractivity contribution < 1.29 is 37.6 Å². The fourth-order valence-corrected chi connectivity index (χ4v) is 0.234. The zero-order valence-corrected chi connectivity index (χ0v) is 10.8. The third kappa shape index (κ3) is 4.86. The van der Waals surface area contributed by atoms with Crippen molar-refractivity contribution in [1.82, 2.24) is 0 Å². The van der Waals surface area contributed by atoms with E-state index in [1.54, 1.807) is 0 Å². The van der Waals surface area contributed by atoms with Crippen molar-refractivity contribution in [3.05, 3.63) is 0 Å². The van der Waals surface area contributed by atoms with Crippen LogP contribution < -0.4 is 5.73 Å². The molecule has 5 heteroatoms. The summed E-state index contributed by atoms with van der Waals surface area (Å²) < 4.78 is 0. The predicted octanol–water partition coefficient (Wildman–Crippen LogP) is -0.674. The van der Waals surface area contributed by atoms with Crippen LogP contribution in [0.15, 0.2) is 0 Å². The van der Waals surface area contributed by atoms with Crippen LogP contribution in [0.3, 0.4) is 0 Å². The number of carboxylic acid groups (broad SMARTS) is 1. The van der Waals surface area contributed by atoms with Crippen LogP contribution in [-0.4, -0.2) is 22.9 Å². The molecule has 0 aliphatic rings. The Morgan fingerprint density at radius 1 is 1.88 bits per heavy atom. The Bertz CT molecular complexity index is 79.7. The number of hydrogen-bond acceptors (Lipinski definition) is 3. The van der Waals surface area contributed by atoms with Gasteiger partial charge in [0.15, 0.2) is 0 Å². The Morgan fingerprint density at radius 3 is 2.25 bits per heavy atom. The number of hydrogen-bond donors (Lipinski definition) is 3. The van der Waals surface area contributed by atoms with E-state index in [4.69, 9.17) is 10.8 Å². The summed E-state index contributed by atoms with van der Waals surface area (Å²) in [4.78, 5) is 9.76. The van der Waals surface area contributed by atoms with E-state index < -0.39 is 12.0 Å². The van der Waals surface area contributed by atoms with Gasteiger partial charge in [-0.3, -0.25) is 4.79 Å². The molecule has 0 aromatic carbocycles. The van der Waals surface area contributed by atoms with Crippen LogP contribution in [0, 0.1) is 0 Å². The molecule has 0 aromatic rings. The topological polar surface area (TPSA) is 63.3 Å². The van der Waals surface area contributed by atoms with Crippen LogP contribution in [0.2, 0.25) is 0 Å². The number of aliphatic carboxylic acids is 1. The average Bonchev–Trinajstić information content (AvgIpc) is 1.65. The van der Waals surface area contributed by atoms with Crippen molar-refractivity contribution in [3.8, 4) is 0 Å². The molecule has 0 aliphatic carbocycles. The summed E-state index contributed by atoms with van der Waals surface area (Å²) in [5.74, 6) is -0.815. The molecule has 0 saturated carbocycles. The minimum atomic E-state index is -1.00. The smallest absolute Gasteiger partial charge is 0.321 e. The summed E-state index contributed by atoms with van der Waals surface area (Å²) in [5.41, 5.74) is 4.94. The summed E-state index contributed by atoms with van der Waals surface area (Å²) in [6, 6.07) is -0.816. The Hall–Kier alpha value is 0.715. The quantitative estimate of drug-likeness (QED) is 0.467. The van der Waals surface area contributed by atoms with E-state index in [0.29, 0.717) is 0 Å². The normalized spacial score (nSPS) is 11.8. The minimum Gasteiger partial charge on any atom is -0.480 e. The Morgan fingerprint density at radius 2 is 2.25 bits per heavy atom. The molecule has 0 spiro atoms. The monoisotopic (exact) mass is 323 g/mol. The van der Waals surface area contributed by atoms with Gasteiger partial charge < -0.3 is 10.8 Å². The van der Waals surface area contributed by atoms with Crippen LogP contribution >= 0.6 is 12.6 Å². The zero-order valence-electron chi connectivity index (χ0n) is 4.37. The second-order valence-corrected chi connectivity index (χ2v) is 1.49. The molecular weight excluding hydrogens is 315 g/mol. The van der Waals surface area contributed by atoms with Crippen LogP contribution in [0.4, 0.5) is 0 Å². The number of carbonyl (C=O) groups is 1. The maximum Gasteiger partial charge on any atom is 0.321 e. The molecule has 3 N–H and O–H groups in total. The van der Waals surface area contributed by atoms with E-state index in [0.717, 1.165) is 0 Å². The van der Waals surface area contributed by atoms with Gasteiger partial charge in [-0.1, -0.05) is 0 Å². The Labute approximate surface area is 73.6 Å². The predicted molar refractivity (Wildman–Crippen MR) is 29.5 cm³/mol. The van der Waals surface area contributed by atoms with Crippen LogP contribution in [-0.2, 0) is 32.5 Å². The first-order chi connectivity index (χ1) is 3.18. The van der Waals surface area contributed by atoms with Crippen molar-refractivity contribution in [2.45, 2.75) is 6.04 Å². The molecule has 0 saturated heterocycles. The van der Waals surface area contributed by atoms with Gasteiger partial charge in [0.25, 0.3) is 0 Å². The summed E-state index contributed by atoms with van der Waals surface area (Å²) in [6.07, 6.45) is 0. The van der Waals surface area contributed by atoms with Crippen molar-refractivity contribution in [1.29, 1.82) is 0 Å². The van der Waals surface area contributed by atoms with E-state index in [9.17, 15) is 4.79 Å². The van der Waals surface area contributed by atoms with Gasteiger partial charge >= 0.3 is 5.97 Å². The maximum atomic E-state index is 9.76. The van der Waals surface area contributed by atoms with Gasteiger partial charge in [-0.15, -0.1) is 0 Å². The van der Waals surface area contributed by atoms with E-state index in [2.05, 4.69) is 12.6 Å². The molecule has 0 aliphatic heterocycles. The molecule has 0 heterocycles. The summed E-state index contributed by atoms with van der Waals surface area (Å²) in [6.45, 7) is 0. The van der Waals surface area contributed by atoms with Gasteiger partial charge in [0.1, 0.15) is 6.04 Å². The maximum absolute atomic E-state index is 9.76. The van der Waals surface area contributed by atoms with E-state index in [1.807, 2.05) is 0 Å². The van der Waals surface area contributed by atoms with Crippen LogP contribution in [0.1, 0.15) is 0 Å². The largest absolute Gasteiger partial charge is 0.480 e. The first-order valence-electron chi connectivity index (χ1n) is 1.77. The van der Waals surface area contributed by atoms with Gasteiger partial charge in [-0.05, 0) is 0 Å². The summed E-state index contributed by atoms with van der Waals surface area (Å²) in [5, 5.41) is 8.01. The molecule has 0 aromatic heterocycles. The van der Waals surface area contributed by atoms with Crippen molar-refractivity contribution in [2.24, 2.45) is 5.73 Å². The number of carboxylic acids is 1. The number of rotatable bonds is 2. The molecular formula is C3H7HgNO2S. The third-order valence-electron chi connectivity index (χ3n) is 0.514. The molecule has 44 valence electrons. The summed E-state index contributed by atoms with van der Waals surface area (Å²) in [7, 11) is 0. The Balaban J connectivity index is 0. The molecule has 8 heavy (non-hydrogen) atoms. The number of thiol groups is 1. The molecule has 0 radical (unpaired) electrons. The third-order valence-corrected chi connectivity index (χ3v) is 0.907. The van der Waals surface area contributed by atoms with E-state index in [-0.39, 0.29) is 33.4 Å². The summed E-state index contributed by atoms with van der Waals surface area (Å²) >= 11 is 3.65. The van der Waals surface area contributed by atoms with Gasteiger partial charge in [-0.2, -0.15) is 12.6 Å². The average molecular weight is 322 g/mol. The second-order valence-electron chi connectivity index (χ2n) is 1.13. The first-order valence-corrected chi connectivity index (χ1v) is 2.41. The van der Waals surface area contributed by atoms with E-state index in [1.165, 1.54) is 0 Å². The van der Waals surface area contributed by atoms with Gasteiger partial charge in [0.05, 0.1) is 0 Å². The molecule has 3 nitrogen and oxygen atoms in total. The van der Waals surface area contributed by atoms with Crippen molar-refractivity contribution in [3.63, 3.8) is 0 Å².